The van der Waals surface area contributed by atoms with Gasteiger partial charge in [0.25, 0.3) is 5.63 Å². The van der Waals surface area contributed by atoms with Crippen LogP contribution in [0.4, 0.5) is 22.0 Å². The smallest absolute Gasteiger partial charge is 0.300 e. The third-order valence-corrected chi connectivity index (χ3v) is 1.57. The SMILES string of the molecule is CC(OC(F)(F)C(F)Cl)C(F)(F)[N+](=O)[O-]. The fourth-order valence-corrected chi connectivity index (χ4v) is 0.558. The molecule has 0 amide bonds. The van der Waals surface area contributed by atoms with E-state index in [2.05, 4.69) is 16.3 Å². The van der Waals surface area contributed by atoms with Gasteiger partial charge in [0.1, 0.15) is 0 Å². The van der Waals surface area contributed by atoms with Crippen molar-refractivity contribution in [3.63, 3.8) is 0 Å². The molecule has 0 saturated carbocycles. The summed E-state index contributed by atoms with van der Waals surface area (Å²) in [6.45, 7) is 0.302. The molecule has 0 spiro atoms. The topological polar surface area (TPSA) is 52.4 Å². The fourth-order valence-electron chi connectivity index (χ4n) is 0.506. The fraction of sp³-hybridized carbons (Fsp3) is 1.00. The molecule has 0 heterocycles. The first-order valence-electron chi connectivity index (χ1n) is 3.38. The summed E-state index contributed by atoms with van der Waals surface area (Å²) < 4.78 is 64.5. The van der Waals surface area contributed by atoms with E-state index in [0.717, 1.165) is 0 Å². The zero-order valence-corrected chi connectivity index (χ0v) is 7.85. The highest BCUT2D eigenvalue weighted by molar-refractivity contribution is 6.20. The van der Waals surface area contributed by atoms with E-state index < -0.39 is 28.8 Å². The minimum Gasteiger partial charge on any atom is -0.300 e. The first kappa shape index (κ1) is 14.3. The Bertz CT molecular complexity index is 249. The van der Waals surface area contributed by atoms with Crippen LogP contribution < -0.4 is 0 Å². The summed E-state index contributed by atoms with van der Waals surface area (Å²) in [5.41, 5.74) is -3.37. The van der Waals surface area contributed by atoms with Crippen LogP contribution in [-0.4, -0.2) is 28.8 Å². The molecule has 0 rings (SSSR count). The van der Waals surface area contributed by atoms with Gasteiger partial charge >= 0.3 is 12.2 Å². The monoisotopic (exact) mass is 257 g/mol. The van der Waals surface area contributed by atoms with E-state index in [4.69, 9.17) is 0 Å². The molecule has 0 aliphatic rings. The summed E-state index contributed by atoms with van der Waals surface area (Å²) in [5, 5.41) is 9.72. The van der Waals surface area contributed by atoms with Gasteiger partial charge in [-0.1, -0.05) is 11.6 Å². The van der Waals surface area contributed by atoms with Crippen molar-refractivity contribution in [1.29, 1.82) is 0 Å². The van der Waals surface area contributed by atoms with Crippen molar-refractivity contribution in [3.8, 4) is 0 Å². The van der Waals surface area contributed by atoms with Gasteiger partial charge in [-0.15, -0.1) is 8.78 Å². The van der Waals surface area contributed by atoms with Gasteiger partial charge in [0.2, 0.25) is 0 Å². The summed E-state index contributed by atoms with van der Waals surface area (Å²) in [5.74, 6) is 0. The molecular formula is C5H5ClF5NO3. The molecule has 0 aliphatic heterocycles. The number of nitrogens with zero attached hydrogens (tertiary/aromatic N) is 1. The van der Waals surface area contributed by atoms with Crippen LogP contribution in [0, 0.1) is 10.1 Å². The Morgan fingerprint density at radius 2 is 1.80 bits per heavy atom. The Morgan fingerprint density at radius 1 is 1.40 bits per heavy atom. The Labute approximate surface area is 85.1 Å². The summed E-state index contributed by atoms with van der Waals surface area (Å²) in [7, 11) is 0. The number of nitro groups is 1. The van der Waals surface area contributed by atoms with E-state index in [0.29, 0.717) is 6.92 Å². The van der Waals surface area contributed by atoms with Gasteiger partial charge in [0.15, 0.2) is 6.10 Å². The summed E-state index contributed by atoms with van der Waals surface area (Å²) >= 11 is 4.29. The van der Waals surface area contributed by atoms with Gasteiger partial charge in [0.05, 0.1) is 4.92 Å². The van der Waals surface area contributed by atoms with Crippen molar-refractivity contribution in [2.24, 2.45) is 0 Å². The molecule has 2 atom stereocenters. The van der Waals surface area contributed by atoms with Crippen molar-refractivity contribution in [2.45, 2.75) is 30.8 Å². The summed E-state index contributed by atoms with van der Waals surface area (Å²) in [6.07, 6.45) is -7.54. The lowest BCUT2D eigenvalue weighted by Gasteiger charge is -2.22. The van der Waals surface area contributed by atoms with Crippen LogP contribution >= 0.6 is 11.6 Å². The molecule has 0 radical (unpaired) electrons. The maximum absolute atomic E-state index is 12.4. The second kappa shape index (κ2) is 4.44. The molecule has 0 fully saturated rings. The van der Waals surface area contributed by atoms with Crippen LogP contribution in [0.3, 0.4) is 0 Å². The van der Waals surface area contributed by atoms with Crippen LogP contribution in [0.25, 0.3) is 0 Å². The van der Waals surface area contributed by atoms with E-state index in [-0.39, 0.29) is 0 Å². The molecule has 0 aromatic carbocycles. The Balaban J connectivity index is 4.63. The molecule has 0 aromatic rings. The van der Waals surface area contributed by atoms with Crippen LogP contribution in [0.5, 0.6) is 0 Å². The predicted molar refractivity (Wildman–Crippen MR) is 38.2 cm³/mol. The summed E-state index contributed by atoms with van der Waals surface area (Å²) in [6, 6.07) is -4.75. The largest absolute Gasteiger partial charge is 0.537 e. The average Bonchev–Trinajstić information content (AvgIpc) is 2.02. The highest BCUT2D eigenvalue weighted by atomic mass is 35.5. The Hall–Kier alpha value is -0.700. The number of rotatable bonds is 5. The molecule has 0 N–H and O–H groups in total. The number of hydrogen-bond donors (Lipinski definition) is 0. The first-order valence-corrected chi connectivity index (χ1v) is 3.81. The maximum atomic E-state index is 12.4. The van der Waals surface area contributed by atoms with Crippen LogP contribution in [0.15, 0.2) is 0 Å². The van der Waals surface area contributed by atoms with E-state index in [1.807, 2.05) is 0 Å². The zero-order valence-electron chi connectivity index (χ0n) is 7.09. The van der Waals surface area contributed by atoms with Gasteiger partial charge in [-0.2, -0.15) is 8.78 Å². The van der Waals surface area contributed by atoms with Gasteiger partial charge in [-0.3, -0.25) is 14.9 Å². The lowest BCUT2D eigenvalue weighted by atomic mass is 10.3. The Morgan fingerprint density at radius 3 is 2.07 bits per heavy atom. The second-order valence-corrected chi connectivity index (χ2v) is 2.85. The third kappa shape index (κ3) is 3.42. The molecule has 0 bridgehead atoms. The highest BCUT2D eigenvalue weighted by Gasteiger charge is 2.56. The number of ether oxygens (including phenoxy) is 1. The van der Waals surface area contributed by atoms with E-state index in [1.54, 1.807) is 0 Å². The van der Waals surface area contributed by atoms with Gasteiger partial charge in [-0.05, 0) is 6.92 Å². The summed E-state index contributed by atoms with van der Waals surface area (Å²) in [4.78, 5) is 7.61. The van der Waals surface area contributed by atoms with Crippen molar-refractivity contribution in [3.05, 3.63) is 10.1 Å². The molecule has 10 heteroatoms. The van der Waals surface area contributed by atoms with Crippen molar-refractivity contribution in [2.75, 3.05) is 0 Å². The van der Waals surface area contributed by atoms with Gasteiger partial charge < -0.3 is 0 Å². The maximum Gasteiger partial charge on any atom is 0.537 e. The predicted octanol–water partition coefficient (Wildman–Crippen LogP) is 2.39. The van der Waals surface area contributed by atoms with E-state index in [9.17, 15) is 32.1 Å². The second-order valence-electron chi connectivity index (χ2n) is 2.47. The first-order chi connectivity index (χ1) is 6.51. The molecule has 0 saturated heterocycles. The van der Waals surface area contributed by atoms with Crippen LogP contribution in [-0.2, 0) is 4.74 Å². The lowest BCUT2D eigenvalue weighted by Crippen LogP contribution is -2.46. The molecule has 2 unspecified atom stereocenters. The number of halogens is 6. The number of hydrogen-bond acceptors (Lipinski definition) is 3. The molecular weight excluding hydrogens is 253 g/mol. The van der Waals surface area contributed by atoms with E-state index >= 15 is 0 Å². The standard InChI is InChI=1S/C5H5ClF5NO3/c1-2(4(8,9)12(13)14)15-5(10,11)3(6)7/h2-3H,1H3. The molecule has 15 heavy (non-hydrogen) atoms. The van der Waals surface area contributed by atoms with Crippen molar-refractivity contribution < 1.29 is 31.6 Å². The minimum atomic E-state index is -4.75. The normalized spacial score (nSPS) is 17.3. The van der Waals surface area contributed by atoms with E-state index in [1.165, 1.54) is 0 Å². The quantitative estimate of drug-likeness (QED) is 0.250. The third-order valence-electron chi connectivity index (χ3n) is 1.32. The highest BCUT2D eigenvalue weighted by Crippen LogP contribution is 2.32. The van der Waals surface area contributed by atoms with Crippen LogP contribution in [0.2, 0.25) is 0 Å². The lowest BCUT2D eigenvalue weighted by molar-refractivity contribution is -0.661. The zero-order chi connectivity index (χ0) is 12.4. The number of alkyl halides is 6. The minimum absolute atomic E-state index is 0.302. The average molecular weight is 258 g/mol. The molecule has 0 aliphatic carbocycles. The van der Waals surface area contributed by atoms with Gasteiger partial charge in [0, 0.05) is 0 Å². The molecule has 0 aromatic heterocycles. The van der Waals surface area contributed by atoms with Crippen molar-refractivity contribution in [1.82, 2.24) is 0 Å². The molecule has 4 nitrogen and oxygen atoms in total. The van der Waals surface area contributed by atoms with Crippen LogP contribution in [0.1, 0.15) is 6.92 Å². The van der Waals surface area contributed by atoms with Gasteiger partial charge in [-0.25, -0.2) is 4.39 Å². The van der Waals surface area contributed by atoms with Crippen molar-refractivity contribution >= 4 is 11.6 Å². The molecule has 90 valence electrons. The Kier molecular flexibility index (Phi) is 4.23.